The molecule has 0 saturated heterocycles. The van der Waals surface area contributed by atoms with E-state index in [4.69, 9.17) is 13.0 Å². The summed E-state index contributed by atoms with van der Waals surface area (Å²) < 4.78 is 61.1. The summed E-state index contributed by atoms with van der Waals surface area (Å²) >= 11 is 0. The number of aryl methyl sites for hydroxylation is 1. The van der Waals surface area contributed by atoms with Gasteiger partial charge in [-0.2, -0.15) is 13.2 Å². The van der Waals surface area contributed by atoms with Gasteiger partial charge in [-0.1, -0.05) is 19.9 Å². The molecule has 8 heteroatoms. The lowest BCUT2D eigenvalue weighted by molar-refractivity contribution is -0.698. The molecule has 1 heterocycles. The van der Waals surface area contributed by atoms with E-state index in [0.29, 0.717) is 0 Å². The Morgan fingerprint density at radius 2 is 1.58 bits per heavy atom. The predicted octanol–water partition coefficient (Wildman–Crippen LogP) is 2.07. The highest BCUT2D eigenvalue weighted by atomic mass is 32.2. The van der Waals surface area contributed by atoms with Crippen LogP contribution in [-0.2, 0) is 16.7 Å². The van der Waals surface area contributed by atoms with E-state index in [1.165, 1.54) is 6.42 Å². The third-order valence-electron chi connectivity index (χ3n) is 2.03. The molecule has 0 N–H and O–H groups in total. The standard InChI is InChI=1S/C10H16N.CHF3O3S/c1-10(2)6-9-11-7-4-3-5-8-11;2-1(3,4)8(5,6)7/h3-5,7-8,10H,6,9H2,1-2H3;(H,5,6,7)/q+1;/p-1. The maximum absolute atomic E-state index is 10.7. The maximum atomic E-state index is 10.7. The Bertz CT molecular complexity index is 458. The predicted molar refractivity (Wildman–Crippen MR) is 61.8 cm³/mol. The molecule has 0 aliphatic rings. The summed E-state index contributed by atoms with van der Waals surface area (Å²) in [6.07, 6.45) is 5.49. The molecule has 0 spiro atoms. The van der Waals surface area contributed by atoms with Gasteiger partial charge in [-0.05, 0) is 5.92 Å². The zero-order valence-electron chi connectivity index (χ0n) is 10.6. The molecule has 0 aromatic carbocycles. The van der Waals surface area contributed by atoms with E-state index < -0.39 is 15.6 Å². The van der Waals surface area contributed by atoms with Crippen molar-refractivity contribution in [3.63, 3.8) is 0 Å². The topological polar surface area (TPSA) is 61.1 Å². The fraction of sp³-hybridized carbons (Fsp3) is 0.545. The van der Waals surface area contributed by atoms with Crippen molar-refractivity contribution < 1.29 is 30.7 Å². The van der Waals surface area contributed by atoms with E-state index in [-0.39, 0.29) is 0 Å². The van der Waals surface area contributed by atoms with Crippen LogP contribution in [0.25, 0.3) is 0 Å². The molecule has 0 amide bonds. The maximum Gasteiger partial charge on any atom is 0.485 e. The number of halogens is 3. The number of pyridine rings is 1. The Balaban J connectivity index is 0.000000362. The molecule has 4 nitrogen and oxygen atoms in total. The highest BCUT2D eigenvalue weighted by Gasteiger charge is 2.36. The van der Waals surface area contributed by atoms with Gasteiger partial charge in [0.25, 0.3) is 0 Å². The number of nitrogens with zero attached hydrogens (tertiary/aromatic N) is 1. The van der Waals surface area contributed by atoms with Crippen LogP contribution in [0.5, 0.6) is 0 Å². The van der Waals surface area contributed by atoms with E-state index in [1.807, 2.05) is 6.07 Å². The summed E-state index contributed by atoms with van der Waals surface area (Å²) in [6, 6.07) is 6.19. The Hall–Kier alpha value is -1.15. The van der Waals surface area contributed by atoms with Gasteiger partial charge < -0.3 is 4.55 Å². The van der Waals surface area contributed by atoms with Crippen LogP contribution in [-0.4, -0.2) is 18.5 Å². The average Bonchev–Trinajstić information content (AvgIpc) is 2.26. The second-order valence-corrected chi connectivity index (χ2v) is 5.57. The van der Waals surface area contributed by atoms with Crippen molar-refractivity contribution in [3.05, 3.63) is 30.6 Å². The van der Waals surface area contributed by atoms with Crippen molar-refractivity contribution in [3.8, 4) is 0 Å². The third-order valence-corrected chi connectivity index (χ3v) is 2.59. The molecule has 0 radical (unpaired) electrons. The van der Waals surface area contributed by atoms with Crippen molar-refractivity contribution >= 4 is 10.1 Å². The number of hydrogen-bond donors (Lipinski definition) is 0. The van der Waals surface area contributed by atoms with Gasteiger partial charge in [-0.3, -0.25) is 0 Å². The summed E-state index contributed by atoms with van der Waals surface area (Å²) in [7, 11) is -6.09. The summed E-state index contributed by atoms with van der Waals surface area (Å²) in [6.45, 7) is 5.64. The number of hydrogen-bond acceptors (Lipinski definition) is 3. The van der Waals surface area contributed by atoms with E-state index >= 15 is 0 Å². The molecule has 0 bridgehead atoms. The quantitative estimate of drug-likeness (QED) is 0.487. The highest BCUT2D eigenvalue weighted by Crippen LogP contribution is 2.20. The summed E-state index contributed by atoms with van der Waals surface area (Å²) in [5, 5.41) is 0. The molecule has 1 aromatic rings. The lowest BCUT2D eigenvalue weighted by Crippen LogP contribution is -2.32. The summed E-state index contributed by atoms with van der Waals surface area (Å²) in [5.74, 6) is 0.794. The Morgan fingerprint density at radius 1 is 1.16 bits per heavy atom. The first-order valence-electron chi connectivity index (χ1n) is 5.50. The van der Waals surface area contributed by atoms with Crippen LogP contribution in [0, 0.1) is 5.92 Å². The van der Waals surface area contributed by atoms with Crippen molar-refractivity contribution in [1.29, 1.82) is 0 Å². The van der Waals surface area contributed by atoms with Crippen LogP contribution in [0.2, 0.25) is 0 Å². The summed E-state index contributed by atoms with van der Waals surface area (Å²) in [4.78, 5) is 0. The van der Waals surface area contributed by atoms with Gasteiger partial charge in [-0.15, -0.1) is 0 Å². The molecule has 1 rings (SSSR count). The second-order valence-electron chi connectivity index (χ2n) is 4.20. The number of aromatic nitrogens is 1. The Morgan fingerprint density at radius 3 is 1.89 bits per heavy atom. The molecule has 0 aliphatic carbocycles. The van der Waals surface area contributed by atoms with E-state index in [9.17, 15) is 13.2 Å². The van der Waals surface area contributed by atoms with E-state index in [1.54, 1.807) is 0 Å². The van der Waals surface area contributed by atoms with Gasteiger partial charge in [0.1, 0.15) is 6.54 Å². The van der Waals surface area contributed by atoms with Crippen molar-refractivity contribution in [2.75, 3.05) is 0 Å². The smallest absolute Gasteiger partial charge is 0.485 e. The van der Waals surface area contributed by atoms with Crippen molar-refractivity contribution in [2.24, 2.45) is 5.92 Å². The van der Waals surface area contributed by atoms with Crippen LogP contribution in [0.3, 0.4) is 0 Å². The van der Waals surface area contributed by atoms with Crippen molar-refractivity contribution in [2.45, 2.75) is 32.3 Å². The number of alkyl halides is 3. The van der Waals surface area contributed by atoms with Crippen LogP contribution in [0.15, 0.2) is 30.6 Å². The van der Waals surface area contributed by atoms with Gasteiger partial charge in [0.15, 0.2) is 22.5 Å². The first-order valence-corrected chi connectivity index (χ1v) is 6.91. The zero-order valence-corrected chi connectivity index (χ0v) is 11.4. The highest BCUT2D eigenvalue weighted by molar-refractivity contribution is 7.86. The molecule has 0 unspecified atom stereocenters. The van der Waals surface area contributed by atoms with Gasteiger partial charge in [-0.25, -0.2) is 13.0 Å². The first-order chi connectivity index (χ1) is 8.54. The molecule has 0 fully saturated rings. The summed E-state index contributed by atoms with van der Waals surface area (Å²) in [5.41, 5.74) is -5.65. The molecule has 0 saturated carbocycles. The van der Waals surface area contributed by atoms with Crippen molar-refractivity contribution in [1.82, 2.24) is 0 Å². The normalized spacial score (nSPS) is 11.9. The van der Waals surface area contributed by atoms with Crippen LogP contribution in [0.4, 0.5) is 13.2 Å². The lowest BCUT2D eigenvalue weighted by Gasteiger charge is -2.08. The largest absolute Gasteiger partial charge is 0.741 e. The van der Waals surface area contributed by atoms with Gasteiger partial charge >= 0.3 is 5.51 Å². The minimum Gasteiger partial charge on any atom is -0.741 e. The average molecular weight is 299 g/mol. The minimum atomic E-state index is -6.09. The molecule has 19 heavy (non-hydrogen) atoms. The van der Waals surface area contributed by atoms with Gasteiger partial charge in [0.2, 0.25) is 0 Å². The fourth-order valence-corrected chi connectivity index (χ4v) is 0.991. The molecular formula is C11H16F3NO3S. The Kier molecular flexibility index (Phi) is 6.99. The third kappa shape index (κ3) is 8.55. The molecule has 110 valence electrons. The second kappa shape index (κ2) is 7.44. The fourth-order valence-electron chi connectivity index (χ4n) is 0.991. The Labute approximate surface area is 110 Å². The van der Waals surface area contributed by atoms with Gasteiger partial charge in [0, 0.05) is 18.6 Å². The molecule has 0 atom stereocenters. The van der Waals surface area contributed by atoms with Crippen LogP contribution in [0.1, 0.15) is 20.3 Å². The van der Waals surface area contributed by atoms with E-state index in [0.717, 1.165) is 12.5 Å². The lowest BCUT2D eigenvalue weighted by atomic mass is 10.1. The van der Waals surface area contributed by atoms with E-state index in [2.05, 4.69) is 42.9 Å². The number of rotatable bonds is 3. The molecule has 1 aromatic heterocycles. The SMILES string of the molecule is CC(C)CC[n+]1ccccc1.O=S(=O)([O-])C(F)(F)F. The monoisotopic (exact) mass is 299 g/mol. The van der Waals surface area contributed by atoms with Crippen LogP contribution < -0.4 is 4.57 Å². The van der Waals surface area contributed by atoms with Gasteiger partial charge in [0.05, 0.1) is 0 Å². The van der Waals surface area contributed by atoms with Crippen LogP contribution >= 0.6 is 0 Å². The minimum absolute atomic E-state index is 0.794. The molecule has 0 aliphatic heterocycles. The molecular weight excluding hydrogens is 283 g/mol. The zero-order chi connectivity index (χ0) is 15.1. The first kappa shape index (κ1) is 17.8.